The number of hydrogen-bond acceptors (Lipinski definition) is 4. The van der Waals surface area contributed by atoms with E-state index >= 15 is 0 Å². The summed E-state index contributed by atoms with van der Waals surface area (Å²) in [7, 11) is 1.74. The van der Waals surface area contributed by atoms with E-state index < -0.39 is 0 Å². The van der Waals surface area contributed by atoms with E-state index in [0.717, 1.165) is 50.7 Å². The van der Waals surface area contributed by atoms with Gasteiger partial charge in [-0.1, -0.05) is 13.8 Å². The first-order valence-electron chi connectivity index (χ1n) is 8.89. The fraction of sp³-hybridized carbons (Fsp3) is 0.667. The number of amides is 1. The Balaban J connectivity index is 2.05. The minimum absolute atomic E-state index is 0.175. The summed E-state index contributed by atoms with van der Waals surface area (Å²) in [6.07, 6.45) is 3.25. The largest absolute Gasteiger partial charge is 0.459 e. The zero-order chi connectivity index (χ0) is 18.5. The van der Waals surface area contributed by atoms with Gasteiger partial charge in [0.1, 0.15) is 0 Å². The average molecular weight is 352 g/mol. The predicted octanol–water partition coefficient (Wildman–Crippen LogP) is 1.94. The normalized spacial score (nSPS) is 11.6. The van der Waals surface area contributed by atoms with Gasteiger partial charge in [0, 0.05) is 45.5 Å². The van der Waals surface area contributed by atoms with Crippen molar-refractivity contribution in [3.8, 4) is 0 Å². The first-order chi connectivity index (χ1) is 12.0. The van der Waals surface area contributed by atoms with Crippen molar-refractivity contribution in [3.05, 3.63) is 23.7 Å². The molecule has 3 N–H and O–H groups in total. The molecule has 0 unspecified atom stereocenters. The number of carbonyl (C=O) groups excluding carboxylic acids is 1. The minimum Gasteiger partial charge on any atom is -0.459 e. The van der Waals surface area contributed by atoms with Crippen molar-refractivity contribution in [1.29, 1.82) is 0 Å². The van der Waals surface area contributed by atoms with E-state index in [0.29, 0.717) is 18.2 Å². The summed E-state index contributed by atoms with van der Waals surface area (Å²) in [5, 5.41) is 9.31. The van der Waals surface area contributed by atoms with Crippen LogP contribution in [0.3, 0.4) is 0 Å². The van der Waals surface area contributed by atoms with Gasteiger partial charge in [0.15, 0.2) is 11.7 Å². The second-order valence-corrected chi connectivity index (χ2v) is 6.29. The van der Waals surface area contributed by atoms with Crippen molar-refractivity contribution in [2.75, 3.05) is 39.9 Å². The molecule has 0 aliphatic carbocycles. The lowest BCUT2D eigenvalue weighted by Crippen LogP contribution is -2.39. The molecule has 25 heavy (non-hydrogen) atoms. The molecule has 0 saturated carbocycles. The van der Waals surface area contributed by atoms with E-state index in [2.05, 4.69) is 34.8 Å². The molecule has 0 aliphatic heterocycles. The van der Waals surface area contributed by atoms with Crippen molar-refractivity contribution < 1.29 is 13.9 Å². The fourth-order valence-corrected chi connectivity index (χ4v) is 2.10. The van der Waals surface area contributed by atoms with Gasteiger partial charge in [-0.3, -0.25) is 9.79 Å². The molecule has 1 aromatic heterocycles. The third kappa shape index (κ3) is 9.14. The molecular weight excluding hydrogens is 320 g/mol. The van der Waals surface area contributed by atoms with Crippen molar-refractivity contribution in [2.24, 2.45) is 10.9 Å². The highest BCUT2D eigenvalue weighted by Crippen LogP contribution is 2.07. The summed E-state index contributed by atoms with van der Waals surface area (Å²) >= 11 is 0. The lowest BCUT2D eigenvalue weighted by atomic mass is 10.2. The van der Waals surface area contributed by atoms with Crippen LogP contribution < -0.4 is 16.0 Å². The van der Waals surface area contributed by atoms with Crippen LogP contribution in [-0.4, -0.2) is 51.8 Å². The molecule has 1 rings (SSSR count). The summed E-state index contributed by atoms with van der Waals surface area (Å²) in [5.74, 6) is 1.54. The maximum absolute atomic E-state index is 11.9. The number of carbonyl (C=O) groups is 1. The molecule has 1 amide bonds. The van der Waals surface area contributed by atoms with Crippen LogP contribution >= 0.6 is 0 Å². The highest BCUT2D eigenvalue weighted by Gasteiger charge is 2.11. The van der Waals surface area contributed by atoms with Crippen LogP contribution in [0.5, 0.6) is 0 Å². The zero-order valence-electron chi connectivity index (χ0n) is 15.9. The van der Waals surface area contributed by atoms with Crippen LogP contribution in [0.4, 0.5) is 0 Å². The molecule has 0 radical (unpaired) electrons. The molecule has 0 atom stereocenters. The molecule has 0 aromatic carbocycles. The van der Waals surface area contributed by atoms with Crippen LogP contribution in [0.1, 0.15) is 42.8 Å². The molecular formula is C18H32N4O3. The third-order valence-electron chi connectivity index (χ3n) is 3.43. The maximum atomic E-state index is 11.9. The molecule has 7 nitrogen and oxygen atoms in total. The molecule has 0 aliphatic rings. The summed E-state index contributed by atoms with van der Waals surface area (Å²) in [6.45, 7) is 9.80. The average Bonchev–Trinajstić information content (AvgIpc) is 3.01. The SMILES string of the molecule is CN=C(NCCCNC(=O)c1occc1C)NCCCOCC(C)C. The van der Waals surface area contributed by atoms with E-state index in [1.54, 1.807) is 13.1 Å². The highest BCUT2D eigenvalue weighted by atomic mass is 16.5. The van der Waals surface area contributed by atoms with Crippen LogP contribution in [0.15, 0.2) is 21.7 Å². The quantitative estimate of drug-likeness (QED) is 0.322. The number of hydrogen-bond donors (Lipinski definition) is 3. The number of nitrogens with zero attached hydrogens (tertiary/aromatic N) is 1. The Morgan fingerprint density at radius 2 is 1.88 bits per heavy atom. The van der Waals surface area contributed by atoms with E-state index in [-0.39, 0.29) is 5.91 Å². The van der Waals surface area contributed by atoms with Gasteiger partial charge in [0.2, 0.25) is 0 Å². The van der Waals surface area contributed by atoms with Crippen LogP contribution in [0.25, 0.3) is 0 Å². The van der Waals surface area contributed by atoms with Crippen molar-refractivity contribution in [2.45, 2.75) is 33.6 Å². The van der Waals surface area contributed by atoms with Crippen LogP contribution in [-0.2, 0) is 4.74 Å². The molecule has 0 bridgehead atoms. The zero-order valence-corrected chi connectivity index (χ0v) is 15.9. The Kier molecular flexibility index (Phi) is 10.4. The van der Waals surface area contributed by atoms with Gasteiger partial charge in [-0.25, -0.2) is 0 Å². The van der Waals surface area contributed by atoms with Crippen molar-refractivity contribution in [1.82, 2.24) is 16.0 Å². The topological polar surface area (TPSA) is 87.9 Å². The molecule has 1 aromatic rings. The Morgan fingerprint density at radius 3 is 2.48 bits per heavy atom. The monoisotopic (exact) mass is 352 g/mol. The van der Waals surface area contributed by atoms with Gasteiger partial charge in [-0.05, 0) is 31.7 Å². The Labute approximate surface area is 150 Å². The number of guanidine groups is 1. The van der Waals surface area contributed by atoms with E-state index in [9.17, 15) is 4.79 Å². The van der Waals surface area contributed by atoms with Crippen LogP contribution in [0.2, 0.25) is 0 Å². The fourth-order valence-electron chi connectivity index (χ4n) is 2.10. The molecule has 7 heteroatoms. The Morgan fingerprint density at radius 1 is 1.20 bits per heavy atom. The number of aryl methyl sites for hydroxylation is 1. The summed E-state index contributed by atoms with van der Waals surface area (Å²) < 4.78 is 10.7. The Bertz CT molecular complexity index is 526. The number of ether oxygens (including phenoxy) is 1. The van der Waals surface area contributed by atoms with E-state index in [1.165, 1.54) is 6.26 Å². The molecule has 142 valence electrons. The summed E-state index contributed by atoms with van der Waals surface area (Å²) in [6, 6.07) is 1.78. The summed E-state index contributed by atoms with van der Waals surface area (Å²) in [4.78, 5) is 16.0. The third-order valence-corrected chi connectivity index (χ3v) is 3.43. The number of aliphatic imine (C=N–C) groups is 1. The van der Waals surface area contributed by atoms with Crippen LogP contribution in [0, 0.1) is 12.8 Å². The summed E-state index contributed by atoms with van der Waals surface area (Å²) in [5.41, 5.74) is 0.845. The molecule has 0 fully saturated rings. The molecule has 0 saturated heterocycles. The molecule has 1 heterocycles. The number of furan rings is 1. The second kappa shape index (κ2) is 12.4. The second-order valence-electron chi connectivity index (χ2n) is 6.29. The maximum Gasteiger partial charge on any atom is 0.287 e. The lowest BCUT2D eigenvalue weighted by molar-refractivity contribution is 0.0925. The Hall–Kier alpha value is -2.02. The minimum atomic E-state index is -0.175. The van der Waals surface area contributed by atoms with Crippen molar-refractivity contribution >= 4 is 11.9 Å². The highest BCUT2D eigenvalue weighted by molar-refractivity contribution is 5.92. The standard InChI is InChI=1S/C18H32N4O3/c1-14(2)13-24-11-6-10-22-18(19-4)21-9-5-8-20-17(23)16-15(3)7-12-25-16/h7,12,14H,5-6,8-11,13H2,1-4H3,(H,20,23)(H2,19,21,22). The number of rotatable bonds is 11. The van der Waals surface area contributed by atoms with E-state index in [4.69, 9.17) is 9.15 Å². The smallest absolute Gasteiger partial charge is 0.287 e. The van der Waals surface area contributed by atoms with Gasteiger partial charge < -0.3 is 25.1 Å². The first kappa shape index (κ1) is 21.0. The van der Waals surface area contributed by atoms with Gasteiger partial charge >= 0.3 is 0 Å². The van der Waals surface area contributed by atoms with Gasteiger partial charge in [-0.2, -0.15) is 0 Å². The van der Waals surface area contributed by atoms with E-state index in [1.807, 2.05) is 6.92 Å². The van der Waals surface area contributed by atoms with Crippen molar-refractivity contribution in [3.63, 3.8) is 0 Å². The first-order valence-corrected chi connectivity index (χ1v) is 8.89. The van der Waals surface area contributed by atoms with Gasteiger partial charge in [-0.15, -0.1) is 0 Å². The lowest BCUT2D eigenvalue weighted by Gasteiger charge is -2.12. The predicted molar refractivity (Wildman–Crippen MR) is 100 cm³/mol. The molecule has 0 spiro atoms. The van der Waals surface area contributed by atoms with Gasteiger partial charge in [0.25, 0.3) is 5.91 Å². The number of nitrogens with one attached hydrogen (secondary N) is 3. The van der Waals surface area contributed by atoms with Gasteiger partial charge in [0.05, 0.1) is 6.26 Å².